The Morgan fingerprint density at radius 1 is 1.31 bits per heavy atom. The summed E-state index contributed by atoms with van der Waals surface area (Å²) < 4.78 is 17.9. The molecule has 26 heavy (non-hydrogen) atoms. The number of hydrogen-bond donors (Lipinski definition) is 0. The van der Waals surface area contributed by atoms with Gasteiger partial charge in [0, 0.05) is 32.8 Å². The zero-order valence-corrected chi connectivity index (χ0v) is 16.3. The molecule has 2 aromatic rings. The normalized spacial score (nSPS) is 16.9. The molecule has 0 saturated heterocycles. The quantitative estimate of drug-likeness (QED) is 0.671. The summed E-state index contributed by atoms with van der Waals surface area (Å²) in [7, 11) is 3.78. The smallest absolute Gasteiger partial charge is 0.276 e. The molecule has 1 aliphatic rings. The van der Waals surface area contributed by atoms with Crippen molar-refractivity contribution in [1.29, 1.82) is 0 Å². The highest BCUT2D eigenvalue weighted by atomic mass is 32.1. The maximum absolute atomic E-state index is 5.99. The Balaban J connectivity index is 1.45. The highest BCUT2D eigenvalue weighted by Crippen LogP contribution is 2.30. The van der Waals surface area contributed by atoms with E-state index in [1.54, 1.807) is 24.6 Å². The molecule has 0 fully saturated rings. The van der Waals surface area contributed by atoms with Gasteiger partial charge in [-0.2, -0.15) is 4.98 Å². The number of nitrogens with zero attached hydrogens (tertiary/aromatic N) is 3. The number of pyridine rings is 1. The van der Waals surface area contributed by atoms with Crippen molar-refractivity contribution in [2.75, 3.05) is 40.5 Å². The largest absolute Gasteiger partial charge is 0.493 e. The number of aromatic nitrogens is 2. The maximum atomic E-state index is 5.99. The van der Waals surface area contributed by atoms with Crippen molar-refractivity contribution in [2.45, 2.75) is 19.4 Å². The van der Waals surface area contributed by atoms with Crippen LogP contribution >= 0.6 is 11.3 Å². The van der Waals surface area contributed by atoms with Crippen molar-refractivity contribution in [3.63, 3.8) is 0 Å². The predicted octanol–water partition coefficient (Wildman–Crippen LogP) is 3.19. The third-order valence-corrected chi connectivity index (χ3v) is 5.24. The van der Waals surface area contributed by atoms with Crippen LogP contribution in [-0.4, -0.2) is 61.4 Å². The van der Waals surface area contributed by atoms with Gasteiger partial charge in [-0.1, -0.05) is 11.3 Å². The average Bonchev–Trinajstić information content (AvgIpc) is 3.05. The number of aryl methyl sites for hydroxylation is 1. The van der Waals surface area contributed by atoms with Crippen molar-refractivity contribution in [2.24, 2.45) is 0 Å². The molecular formula is C19H25N3O3S. The second-order valence-corrected chi connectivity index (χ2v) is 7.22. The van der Waals surface area contributed by atoms with Gasteiger partial charge >= 0.3 is 0 Å². The monoisotopic (exact) mass is 375 g/mol. The van der Waals surface area contributed by atoms with Gasteiger partial charge in [0.15, 0.2) is 5.65 Å². The number of fused-ring (bicyclic) bond motifs is 1. The fourth-order valence-corrected chi connectivity index (χ4v) is 3.46. The summed E-state index contributed by atoms with van der Waals surface area (Å²) in [6, 6.07) is 1.99. The van der Waals surface area contributed by atoms with Crippen molar-refractivity contribution < 1.29 is 14.2 Å². The van der Waals surface area contributed by atoms with E-state index in [0.29, 0.717) is 11.8 Å². The number of ether oxygens (including phenoxy) is 3. The van der Waals surface area contributed by atoms with Crippen LogP contribution in [0.1, 0.15) is 12.0 Å². The molecule has 0 saturated carbocycles. The van der Waals surface area contributed by atoms with Gasteiger partial charge in [-0.25, -0.2) is 4.98 Å². The van der Waals surface area contributed by atoms with Crippen LogP contribution in [0.3, 0.4) is 0 Å². The minimum absolute atomic E-state index is 0.0207. The molecule has 0 amide bonds. The van der Waals surface area contributed by atoms with Gasteiger partial charge in [0.1, 0.15) is 18.5 Å². The zero-order valence-electron chi connectivity index (χ0n) is 15.5. The van der Waals surface area contributed by atoms with Gasteiger partial charge in [0.25, 0.3) is 5.19 Å². The summed E-state index contributed by atoms with van der Waals surface area (Å²) in [5.41, 5.74) is 1.93. The third kappa shape index (κ3) is 5.03. The molecule has 1 unspecified atom stereocenters. The summed E-state index contributed by atoms with van der Waals surface area (Å²) in [6.07, 6.45) is 8.59. The summed E-state index contributed by atoms with van der Waals surface area (Å²) in [5, 5.41) is 0.661. The number of hydrogen-bond acceptors (Lipinski definition) is 7. The minimum Gasteiger partial charge on any atom is -0.493 e. The topological polar surface area (TPSA) is 56.7 Å². The molecule has 0 spiro atoms. The van der Waals surface area contributed by atoms with Crippen molar-refractivity contribution in [1.82, 2.24) is 14.9 Å². The molecule has 2 heterocycles. The summed E-state index contributed by atoms with van der Waals surface area (Å²) in [6.45, 7) is 5.23. The first-order valence-electron chi connectivity index (χ1n) is 8.73. The Labute approximate surface area is 158 Å². The van der Waals surface area contributed by atoms with Gasteiger partial charge in [0.05, 0.1) is 11.3 Å². The van der Waals surface area contributed by atoms with E-state index in [2.05, 4.69) is 34.9 Å². The van der Waals surface area contributed by atoms with Crippen LogP contribution in [0.2, 0.25) is 0 Å². The number of likely N-dealkylation sites (N-methyl/N-ethyl adjacent to an activating group) is 1. The molecule has 140 valence electrons. The number of thiazole rings is 1. The van der Waals surface area contributed by atoms with Crippen LogP contribution in [0.25, 0.3) is 10.3 Å². The van der Waals surface area contributed by atoms with Crippen LogP contribution in [0.15, 0.2) is 36.3 Å². The third-order valence-electron chi connectivity index (χ3n) is 4.17. The van der Waals surface area contributed by atoms with Gasteiger partial charge in [-0.15, -0.1) is 0 Å². The molecule has 7 heteroatoms. The Kier molecular flexibility index (Phi) is 6.60. The fourth-order valence-electron chi connectivity index (χ4n) is 2.57. The second kappa shape index (κ2) is 9.12. The fraction of sp³-hybridized carbons (Fsp3) is 0.474. The number of allylic oxidation sites excluding steroid dienone is 1. The first kappa shape index (κ1) is 18.8. The van der Waals surface area contributed by atoms with E-state index < -0.39 is 0 Å². The summed E-state index contributed by atoms with van der Waals surface area (Å²) in [5.74, 6) is 0.895. The van der Waals surface area contributed by atoms with Gasteiger partial charge in [-0.3, -0.25) is 0 Å². The molecule has 0 aliphatic heterocycles. The number of rotatable bonds is 9. The van der Waals surface area contributed by atoms with E-state index in [1.807, 2.05) is 18.2 Å². The molecule has 0 radical (unpaired) electrons. The van der Waals surface area contributed by atoms with E-state index >= 15 is 0 Å². The van der Waals surface area contributed by atoms with Crippen molar-refractivity contribution >= 4 is 21.7 Å². The molecule has 1 aliphatic carbocycles. The number of methoxy groups -OCH3 is 1. The van der Waals surface area contributed by atoms with Crippen molar-refractivity contribution in [3.8, 4) is 5.19 Å². The molecule has 0 bridgehead atoms. The van der Waals surface area contributed by atoms with E-state index in [4.69, 9.17) is 14.2 Å². The molecular weight excluding hydrogens is 350 g/mol. The molecule has 0 N–H and O–H groups in total. The van der Waals surface area contributed by atoms with Crippen LogP contribution in [0.4, 0.5) is 0 Å². The minimum atomic E-state index is -0.0207. The van der Waals surface area contributed by atoms with E-state index in [-0.39, 0.29) is 6.10 Å². The lowest BCUT2D eigenvalue weighted by molar-refractivity contribution is 0.135. The van der Waals surface area contributed by atoms with Crippen LogP contribution in [-0.2, 0) is 9.47 Å². The first-order valence-corrected chi connectivity index (χ1v) is 9.55. The highest BCUT2D eigenvalue weighted by molar-refractivity contribution is 7.20. The summed E-state index contributed by atoms with van der Waals surface area (Å²) >= 11 is 1.54. The van der Waals surface area contributed by atoms with Gasteiger partial charge in [-0.05, 0) is 43.8 Å². The molecule has 1 atom stereocenters. The van der Waals surface area contributed by atoms with E-state index in [0.717, 1.165) is 42.2 Å². The molecule has 0 aromatic carbocycles. The van der Waals surface area contributed by atoms with Crippen LogP contribution in [0.5, 0.6) is 5.19 Å². The predicted molar refractivity (Wildman–Crippen MR) is 104 cm³/mol. The van der Waals surface area contributed by atoms with Crippen LogP contribution < -0.4 is 4.74 Å². The lowest BCUT2D eigenvalue weighted by atomic mass is 10.1. The lowest BCUT2D eigenvalue weighted by Crippen LogP contribution is -2.26. The Bertz CT molecular complexity index is 787. The Hall–Kier alpha value is -1.96. The molecule has 6 nitrogen and oxygen atoms in total. The maximum Gasteiger partial charge on any atom is 0.276 e. The van der Waals surface area contributed by atoms with Gasteiger partial charge in [0.2, 0.25) is 0 Å². The zero-order chi connectivity index (χ0) is 18.4. The molecule has 2 aromatic heterocycles. The highest BCUT2D eigenvalue weighted by Gasteiger charge is 2.15. The van der Waals surface area contributed by atoms with E-state index in [1.165, 1.54) is 5.56 Å². The lowest BCUT2D eigenvalue weighted by Gasteiger charge is -2.19. The molecule has 3 rings (SSSR count). The SMILES string of the molecule is COCCN(C)CCOC1=CCC(Oc2nc3nccc(C)c3s2)C=C1. The average molecular weight is 375 g/mol. The Morgan fingerprint density at radius 2 is 2.15 bits per heavy atom. The van der Waals surface area contributed by atoms with Gasteiger partial charge < -0.3 is 19.1 Å². The van der Waals surface area contributed by atoms with E-state index in [9.17, 15) is 0 Å². The Morgan fingerprint density at radius 3 is 2.88 bits per heavy atom. The van der Waals surface area contributed by atoms with Crippen molar-refractivity contribution in [3.05, 3.63) is 41.8 Å². The summed E-state index contributed by atoms with van der Waals surface area (Å²) in [4.78, 5) is 10.9. The van der Waals surface area contributed by atoms with Crippen LogP contribution in [0, 0.1) is 6.92 Å². The second-order valence-electron chi connectivity index (χ2n) is 6.26. The standard InChI is InChI=1S/C19H25N3O3S/c1-14-8-9-20-18-17(14)26-19(21-18)25-16-6-4-15(5-7-16)24-13-11-22(2)10-12-23-3/h4-6,8-9,16H,7,10-13H2,1-3H3. The first-order chi connectivity index (χ1) is 12.7.